The molecule has 0 aliphatic rings. The van der Waals surface area contributed by atoms with E-state index in [1.54, 1.807) is 13.8 Å². The Labute approximate surface area is 94.7 Å². The Kier molecular flexibility index (Phi) is 3.62. The Bertz CT molecular complexity index is 373. The van der Waals surface area contributed by atoms with E-state index in [9.17, 15) is 4.79 Å². The van der Waals surface area contributed by atoms with Gasteiger partial charge in [0.2, 0.25) is 0 Å². The normalized spacial score (nSPS) is 13.8. The first-order valence-electron chi connectivity index (χ1n) is 5.43. The number of hydrogen-bond donors (Lipinski definition) is 1. The second kappa shape index (κ2) is 4.59. The molecule has 0 aliphatic heterocycles. The zero-order chi connectivity index (χ0) is 12.3. The van der Waals surface area contributed by atoms with E-state index >= 15 is 0 Å². The zero-order valence-corrected chi connectivity index (χ0v) is 10.1. The lowest BCUT2D eigenvalue weighted by Gasteiger charge is -2.22. The van der Waals surface area contributed by atoms with Crippen LogP contribution in [0.5, 0.6) is 0 Å². The maximum atomic E-state index is 11.1. The fourth-order valence-corrected chi connectivity index (χ4v) is 1.55. The van der Waals surface area contributed by atoms with E-state index in [1.807, 2.05) is 6.92 Å². The van der Waals surface area contributed by atoms with Gasteiger partial charge in [-0.05, 0) is 30.7 Å². The van der Waals surface area contributed by atoms with E-state index in [4.69, 9.17) is 5.11 Å². The van der Waals surface area contributed by atoms with Crippen molar-refractivity contribution < 1.29 is 9.90 Å². The molecule has 0 bridgehead atoms. The predicted molar refractivity (Wildman–Crippen MR) is 58.1 cm³/mol. The Morgan fingerprint density at radius 2 is 2.19 bits per heavy atom. The van der Waals surface area contributed by atoms with E-state index in [2.05, 4.69) is 22.4 Å². The largest absolute Gasteiger partial charge is 0.479 e. The standard InChI is InChI=1S/C10H18N4O2/c1-5-6-7(2)8-11-12-13-14(8)10(3,4)9(15)16/h7H,5-6H2,1-4H3,(H,15,16). The first-order valence-corrected chi connectivity index (χ1v) is 5.43. The van der Waals surface area contributed by atoms with Gasteiger partial charge in [-0.2, -0.15) is 0 Å². The van der Waals surface area contributed by atoms with E-state index in [0.29, 0.717) is 5.82 Å². The first kappa shape index (κ1) is 12.6. The minimum atomic E-state index is -1.11. The Balaban J connectivity index is 3.07. The topological polar surface area (TPSA) is 80.9 Å². The number of nitrogens with zero attached hydrogens (tertiary/aromatic N) is 4. The summed E-state index contributed by atoms with van der Waals surface area (Å²) in [5.74, 6) is -0.141. The second-order valence-corrected chi connectivity index (χ2v) is 4.50. The first-order chi connectivity index (χ1) is 7.41. The van der Waals surface area contributed by atoms with Crippen LogP contribution in [-0.4, -0.2) is 31.3 Å². The number of aliphatic carboxylic acids is 1. The van der Waals surface area contributed by atoms with Crippen LogP contribution in [0.3, 0.4) is 0 Å². The highest BCUT2D eigenvalue weighted by molar-refractivity contribution is 5.75. The number of carbonyl (C=O) groups is 1. The molecule has 1 rings (SSSR count). The summed E-state index contributed by atoms with van der Waals surface area (Å²) >= 11 is 0. The van der Waals surface area contributed by atoms with Crippen LogP contribution in [0.1, 0.15) is 52.3 Å². The van der Waals surface area contributed by atoms with Crippen LogP contribution in [0.2, 0.25) is 0 Å². The highest BCUT2D eigenvalue weighted by Crippen LogP contribution is 2.23. The van der Waals surface area contributed by atoms with Gasteiger partial charge in [-0.3, -0.25) is 0 Å². The van der Waals surface area contributed by atoms with Gasteiger partial charge in [-0.15, -0.1) is 5.10 Å². The molecule has 0 saturated heterocycles. The van der Waals surface area contributed by atoms with Crippen molar-refractivity contribution in [1.29, 1.82) is 0 Å². The van der Waals surface area contributed by atoms with Gasteiger partial charge in [0.25, 0.3) is 0 Å². The molecule has 0 spiro atoms. The van der Waals surface area contributed by atoms with Crippen molar-refractivity contribution in [2.24, 2.45) is 0 Å². The molecule has 0 aromatic carbocycles. The van der Waals surface area contributed by atoms with Crippen LogP contribution in [0.25, 0.3) is 0 Å². The van der Waals surface area contributed by atoms with Gasteiger partial charge < -0.3 is 5.11 Å². The highest BCUT2D eigenvalue weighted by atomic mass is 16.4. The summed E-state index contributed by atoms with van der Waals surface area (Å²) in [6.07, 6.45) is 1.96. The SMILES string of the molecule is CCCC(C)c1nnnn1C(C)(C)C(=O)O. The van der Waals surface area contributed by atoms with Crippen molar-refractivity contribution in [2.45, 2.75) is 52.0 Å². The van der Waals surface area contributed by atoms with Gasteiger partial charge in [0.05, 0.1) is 0 Å². The number of rotatable bonds is 5. The molecule has 1 heterocycles. The smallest absolute Gasteiger partial charge is 0.331 e. The molecule has 1 aromatic rings. The van der Waals surface area contributed by atoms with Crippen LogP contribution in [0, 0.1) is 0 Å². The lowest BCUT2D eigenvalue weighted by molar-refractivity contribution is -0.146. The minimum Gasteiger partial charge on any atom is -0.479 e. The Hall–Kier alpha value is -1.46. The summed E-state index contributed by atoms with van der Waals surface area (Å²) in [5.41, 5.74) is -1.11. The molecule has 16 heavy (non-hydrogen) atoms. The lowest BCUT2D eigenvalue weighted by atomic mass is 10.0. The number of carboxylic acids is 1. The van der Waals surface area contributed by atoms with Crippen LogP contribution in [0.4, 0.5) is 0 Å². The van der Waals surface area contributed by atoms with Gasteiger partial charge in [0.1, 0.15) is 0 Å². The van der Waals surface area contributed by atoms with Gasteiger partial charge in [-0.1, -0.05) is 20.3 Å². The molecule has 1 aromatic heterocycles. The summed E-state index contributed by atoms with van der Waals surface area (Å²) in [4.78, 5) is 11.1. The monoisotopic (exact) mass is 226 g/mol. The van der Waals surface area contributed by atoms with Crippen molar-refractivity contribution >= 4 is 5.97 Å². The summed E-state index contributed by atoms with van der Waals surface area (Å²) in [5, 5.41) is 20.4. The molecular weight excluding hydrogens is 208 g/mol. The van der Waals surface area contributed by atoms with Crippen molar-refractivity contribution in [3.63, 3.8) is 0 Å². The molecule has 0 amide bonds. The van der Waals surface area contributed by atoms with Crippen molar-refractivity contribution in [1.82, 2.24) is 20.2 Å². The van der Waals surface area contributed by atoms with E-state index in [0.717, 1.165) is 12.8 Å². The van der Waals surface area contributed by atoms with Gasteiger partial charge in [-0.25, -0.2) is 9.48 Å². The molecule has 90 valence electrons. The summed E-state index contributed by atoms with van der Waals surface area (Å²) < 4.78 is 1.40. The molecule has 0 radical (unpaired) electrons. The molecular formula is C10H18N4O2. The van der Waals surface area contributed by atoms with Crippen LogP contribution in [-0.2, 0) is 10.3 Å². The third kappa shape index (κ3) is 2.20. The van der Waals surface area contributed by atoms with E-state index < -0.39 is 11.5 Å². The average Bonchev–Trinajstić information content (AvgIpc) is 2.66. The van der Waals surface area contributed by atoms with Crippen molar-refractivity contribution in [3.8, 4) is 0 Å². The summed E-state index contributed by atoms with van der Waals surface area (Å²) in [6, 6.07) is 0. The third-order valence-corrected chi connectivity index (χ3v) is 2.71. The average molecular weight is 226 g/mol. The minimum absolute atomic E-state index is 0.165. The molecule has 6 heteroatoms. The predicted octanol–water partition coefficient (Wildman–Crippen LogP) is 1.40. The summed E-state index contributed by atoms with van der Waals surface area (Å²) in [6.45, 7) is 7.26. The van der Waals surface area contributed by atoms with Gasteiger partial charge >= 0.3 is 5.97 Å². The van der Waals surface area contributed by atoms with Crippen molar-refractivity contribution in [2.75, 3.05) is 0 Å². The molecule has 1 atom stereocenters. The van der Waals surface area contributed by atoms with E-state index in [-0.39, 0.29) is 5.92 Å². The number of tetrazole rings is 1. The fourth-order valence-electron chi connectivity index (χ4n) is 1.55. The third-order valence-electron chi connectivity index (χ3n) is 2.71. The van der Waals surface area contributed by atoms with E-state index in [1.165, 1.54) is 4.68 Å². The van der Waals surface area contributed by atoms with Gasteiger partial charge in [0, 0.05) is 5.92 Å². The number of aromatic nitrogens is 4. The summed E-state index contributed by atoms with van der Waals surface area (Å²) in [7, 11) is 0. The molecule has 0 fully saturated rings. The van der Waals surface area contributed by atoms with Gasteiger partial charge in [0.15, 0.2) is 11.4 Å². The van der Waals surface area contributed by atoms with Crippen LogP contribution in [0.15, 0.2) is 0 Å². The molecule has 6 nitrogen and oxygen atoms in total. The maximum Gasteiger partial charge on any atom is 0.331 e. The maximum absolute atomic E-state index is 11.1. The Morgan fingerprint density at radius 1 is 1.56 bits per heavy atom. The van der Waals surface area contributed by atoms with Crippen LogP contribution >= 0.6 is 0 Å². The highest BCUT2D eigenvalue weighted by Gasteiger charge is 2.34. The molecule has 1 unspecified atom stereocenters. The molecule has 0 aliphatic carbocycles. The van der Waals surface area contributed by atoms with Crippen LogP contribution < -0.4 is 0 Å². The van der Waals surface area contributed by atoms with Crippen molar-refractivity contribution in [3.05, 3.63) is 5.82 Å². The molecule has 1 N–H and O–H groups in total. The number of carboxylic acid groups (broad SMARTS) is 1. The Morgan fingerprint density at radius 3 is 2.69 bits per heavy atom. The fraction of sp³-hybridized carbons (Fsp3) is 0.800. The lowest BCUT2D eigenvalue weighted by Crippen LogP contribution is -2.38. The zero-order valence-electron chi connectivity index (χ0n) is 10.1. The quantitative estimate of drug-likeness (QED) is 0.820. The second-order valence-electron chi connectivity index (χ2n) is 4.50. The number of hydrogen-bond acceptors (Lipinski definition) is 4. The molecule has 0 saturated carbocycles.